The molecule has 0 aliphatic rings. The molecule has 2 aromatic heterocycles. The van der Waals surface area contributed by atoms with E-state index in [1.807, 2.05) is 24.0 Å². The molecule has 3 aromatic carbocycles. The highest BCUT2D eigenvalue weighted by molar-refractivity contribution is 6.06. The van der Waals surface area contributed by atoms with Gasteiger partial charge in [-0.15, -0.1) is 0 Å². The Morgan fingerprint density at radius 3 is 2.33 bits per heavy atom. The third-order valence-electron chi connectivity index (χ3n) is 5.60. The minimum Gasteiger partial charge on any atom is -0.456 e. The van der Waals surface area contributed by atoms with Crippen LogP contribution in [0.25, 0.3) is 44.5 Å². The summed E-state index contributed by atoms with van der Waals surface area (Å²) < 4.78 is 21.6. The number of hydrogen-bond acceptors (Lipinski definition) is 2. The zero-order valence-corrected chi connectivity index (χ0v) is 17.5. The summed E-state index contributed by atoms with van der Waals surface area (Å²) >= 11 is 0. The number of aromatic nitrogens is 2. The van der Waals surface area contributed by atoms with Crippen molar-refractivity contribution in [2.75, 3.05) is 0 Å². The fourth-order valence-electron chi connectivity index (χ4n) is 4.21. The van der Waals surface area contributed by atoms with E-state index in [0.717, 1.165) is 44.4 Å². The second kappa shape index (κ2) is 6.77. The molecule has 5 aromatic rings. The van der Waals surface area contributed by atoms with E-state index in [1.165, 1.54) is 23.3 Å². The fraction of sp³-hybridized carbons (Fsp3) is 0.154. The van der Waals surface area contributed by atoms with Gasteiger partial charge in [-0.3, -0.25) is 0 Å². The van der Waals surface area contributed by atoms with E-state index >= 15 is 0 Å². The molecule has 3 nitrogen and oxygen atoms in total. The topological polar surface area (TPSA) is 29.9 Å². The summed E-state index contributed by atoms with van der Waals surface area (Å²) in [6, 6.07) is 17.4. The van der Waals surface area contributed by atoms with Crippen LogP contribution < -0.4 is 4.57 Å². The number of furan rings is 1. The SMILES string of the molecule is Cc1cc(C)cc(-c2cc(-c3cc4oc5cc(F)ccc5c4cc3C)[n+](C)cn2)c1. The van der Waals surface area contributed by atoms with E-state index in [-0.39, 0.29) is 5.82 Å². The maximum absolute atomic E-state index is 13.6. The van der Waals surface area contributed by atoms with E-state index in [1.54, 1.807) is 6.07 Å². The van der Waals surface area contributed by atoms with Crippen LogP contribution in [0.2, 0.25) is 0 Å². The monoisotopic (exact) mass is 397 g/mol. The van der Waals surface area contributed by atoms with Crippen molar-refractivity contribution in [1.82, 2.24) is 4.98 Å². The summed E-state index contributed by atoms with van der Waals surface area (Å²) in [5.74, 6) is -0.294. The van der Waals surface area contributed by atoms with Crippen molar-refractivity contribution >= 4 is 21.9 Å². The van der Waals surface area contributed by atoms with Crippen molar-refractivity contribution < 1.29 is 13.4 Å². The van der Waals surface area contributed by atoms with Crippen LogP contribution in [0.15, 0.2) is 65.3 Å². The number of rotatable bonds is 2. The second-order valence-electron chi connectivity index (χ2n) is 8.05. The van der Waals surface area contributed by atoms with Crippen LogP contribution in [-0.2, 0) is 7.05 Å². The van der Waals surface area contributed by atoms with Gasteiger partial charge in [0.25, 0.3) is 6.33 Å². The third-order valence-corrected chi connectivity index (χ3v) is 5.60. The maximum atomic E-state index is 13.6. The number of hydrogen-bond donors (Lipinski definition) is 0. The average molecular weight is 397 g/mol. The van der Waals surface area contributed by atoms with E-state index in [9.17, 15) is 4.39 Å². The first-order valence-electron chi connectivity index (χ1n) is 9.96. The van der Waals surface area contributed by atoms with E-state index < -0.39 is 0 Å². The summed E-state index contributed by atoms with van der Waals surface area (Å²) in [4.78, 5) is 4.65. The Morgan fingerprint density at radius 2 is 1.57 bits per heavy atom. The summed E-state index contributed by atoms with van der Waals surface area (Å²) in [6.45, 7) is 6.29. The van der Waals surface area contributed by atoms with Crippen LogP contribution in [0, 0.1) is 26.6 Å². The summed E-state index contributed by atoms with van der Waals surface area (Å²) in [5.41, 5.74) is 9.03. The highest BCUT2D eigenvalue weighted by atomic mass is 19.1. The maximum Gasteiger partial charge on any atom is 0.287 e. The van der Waals surface area contributed by atoms with Crippen LogP contribution in [0.5, 0.6) is 0 Å². The molecular weight excluding hydrogens is 375 g/mol. The molecule has 5 rings (SSSR count). The Balaban J connectivity index is 1.71. The van der Waals surface area contributed by atoms with Crippen LogP contribution >= 0.6 is 0 Å². The Bertz CT molecular complexity index is 1430. The molecule has 0 fully saturated rings. The molecule has 0 atom stereocenters. The molecule has 0 aliphatic carbocycles. The van der Waals surface area contributed by atoms with Crippen molar-refractivity contribution in [3.05, 3.63) is 83.4 Å². The summed E-state index contributed by atoms with van der Waals surface area (Å²) in [7, 11) is 1.99. The summed E-state index contributed by atoms with van der Waals surface area (Å²) in [5, 5.41) is 1.92. The first kappa shape index (κ1) is 18.5. The Labute approximate surface area is 174 Å². The Kier molecular flexibility index (Phi) is 4.17. The molecule has 2 heterocycles. The quantitative estimate of drug-likeness (QED) is 0.332. The van der Waals surface area contributed by atoms with Crippen LogP contribution in [0.4, 0.5) is 4.39 Å². The number of fused-ring (bicyclic) bond motifs is 3. The molecule has 4 heteroatoms. The Morgan fingerprint density at radius 1 is 0.833 bits per heavy atom. The molecule has 0 bridgehead atoms. The van der Waals surface area contributed by atoms with E-state index in [4.69, 9.17) is 4.42 Å². The lowest BCUT2D eigenvalue weighted by molar-refractivity contribution is -0.663. The standard InChI is InChI=1S/C26H22FN2O/c1-15-7-16(2)9-18(8-15)23-13-24(29(4)14-28-23)21-12-26-22(10-17(21)3)20-6-5-19(27)11-25(20)30-26/h5-14H,1-4H3/q+1. The predicted molar refractivity (Wildman–Crippen MR) is 118 cm³/mol. The minimum atomic E-state index is -0.294. The largest absolute Gasteiger partial charge is 0.456 e. The number of aryl methyl sites for hydroxylation is 4. The molecule has 0 N–H and O–H groups in total. The number of halogens is 1. The highest BCUT2D eigenvalue weighted by Gasteiger charge is 2.18. The number of benzene rings is 3. The molecule has 0 amide bonds. The molecule has 0 unspecified atom stereocenters. The molecular formula is C26H22FN2O+. The van der Waals surface area contributed by atoms with Crippen LogP contribution in [-0.4, -0.2) is 4.98 Å². The smallest absolute Gasteiger partial charge is 0.287 e. The zero-order valence-electron chi connectivity index (χ0n) is 17.5. The predicted octanol–water partition coefficient (Wildman–Crippen LogP) is 6.20. The van der Waals surface area contributed by atoms with Gasteiger partial charge in [0.1, 0.15) is 22.7 Å². The summed E-state index contributed by atoms with van der Waals surface area (Å²) in [6.07, 6.45) is 1.85. The number of nitrogens with zero attached hydrogens (tertiary/aromatic N) is 2. The van der Waals surface area contributed by atoms with Gasteiger partial charge >= 0.3 is 0 Å². The van der Waals surface area contributed by atoms with Crippen LogP contribution in [0.3, 0.4) is 0 Å². The molecule has 148 valence electrons. The van der Waals surface area contributed by atoms with Crippen molar-refractivity contribution in [3.63, 3.8) is 0 Å². The van der Waals surface area contributed by atoms with Crippen molar-refractivity contribution in [1.29, 1.82) is 0 Å². The molecule has 0 spiro atoms. The highest BCUT2D eigenvalue weighted by Crippen LogP contribution is 2.34. The van der Waals surface area contributed by atoms with Gasteiger partial charge in [-0.25, -0.2) is 8.96 Å². The molecule has 0 saturated carbocycles. The molecule has 0 radical (unpaired) electrons. The van der Waals surface area contributed by atoms with Gasteiger partial charge in [-0.2, -0.15) is 0 Å². The van der Waals surface area contributed by atoms with Gasteiger partial charge < -0.3 is 4.42 Å². The minimum absolute atomic E-state index is 0.294. The lowest BCUT2D eigenvalue weighted by Gasteiger charge is -2.08. The average Bonchev–Trinajstić information content (AvgIpc) is 3.03. The van der Waals surface area contributed by atoms with Gasteiger partial charge in [-0.05, 0) is 67.7 Å². The fourth-order valence-corrected chi connectivity index (χ4v) is 4.21. The van der Waals surface area contributed by atoms with E-state index in [0.29, 0.717) is 5.58 Å². The van der Waals surface area contributed by atoms with Crippen LogP contribution in [0.1, 0.15) is 16.7 Å². The van der Waals surface area contributed by atoms with Gasteiger partial charge in [0, 0.05) is 34.0 Å². The third kappa shape index (κ3) is 3.05. The van der Waals surface area contributed by atoms with E-state index in [2.05, 4.69) is 56.1 Å². The normalized spacial score (nSPS) is 11.5. The van der Waals surface area contributed by atoms with Crippen molar-refractivity contribution in [2.24, 2.45) is 7.05 Å². The first-order valence-corrected chi connectivity index (χ1v) is 9.96. The Hall–Kier alpha value is -3.53. The van der Waals surface area contributed by atoms with Gasteiger partial charge in [-0.1, -0.05) is 17.2 Å². The molecule has 0 saturated heterocycles. The first-order chi connectivity index (χ1) is 14.4. The lowest BCUT2D eigenvalue weighted by atomic mass is 9.99. The molecule has 30 heavy (non-hydrogen) atoms. The zero-order chi connectivity index (χ0) is 21.0. The lowest BCUT2D eigenvalue weighted by Crippen LogP contribution is -2.31. The molecule has 0 aliphatic heterocycles. The van der Waals surface area contributed by atoms with Gasteiger partial charge in [0.05, 0.1) is 7.05 Å². The van der Waals surface area contributed by atoms with Gasteiger partial charge in [0.15, 0.2) is 5.69 Å². The second-order valence-corrected chi connectivity index (χ2v) is 8.05. The van der Waals surface area contributed by atoms with Gasteiger partial charge in [0.2, 0.25) is 0 Å². The van der Waals surface area contributed by atoms with Crippen molar-refractivity contribution in [2.45, 2.75) is 20.8 Å². The van der Waals surface area contributed by atoms with Crippen molar-refractivity contribution in [3.8, 4) is 22.5 Å².